The highest BCUT2D eigenvalue weighted by Crippen LogP contribution is 2.43. The van der Waals surface area contributed by atoms with E-state index in [0.717, 1.165) is 30.5 Å². The molecule has 0 radical (unpaired) electrons. The molecule has 28 heavy (non-hydrogen) atoms. The summed E-state index contributed by atoms with van der Waals surface area (Å²) in [5.41, 5.74) is 2.71. The zero-order valence-corrected chi connectivity index (χ0v) is 15.9. The fraction of sp³-hybridized carbons (Fsp3) is 0.500. The molecule has 6 heteroatoms. The molecule has 0 amide bonds. The Kier molecular flexibility index (Phi) is 5.40. The summed E-state index contributed by atoms with van der Waals surface area (Å²) in [5, 5.41) is 0. The van der Waals surface area contributed by atoms with E-state index in [1.165, 1.54) is 12.1 Å². The summed E-state index contributed by atoms with van der Waals surface area (Å²) in [6, 6.07) is 6.01. The van der Waals surface area contributed by atoms with Crippen LogP contribution in [0.4, 0.5) is 4.39 Å². The number of hydrogen-bond acceptors (Lipinski definition) is 5. The third-order valence-corrected chi connectivity index (χ3v) is 5.75. The van der Waals surface area contributed by atoms with Gasteiger partial charge in [-0.2, -0.15) is 0 Å². The van der Waals surface area contributed by atoms with E-state index in [1.54, 1.807) is 19.1 Å². The van der Waals surface area contributed by atoms with Gasteiger partial charge in [0.1, 0.15) is 18.3 Å². The molecule has 3 aliphatic rings. The molecular weight excluding hydrogens is 361 g/mol. The number of benzene rings is 1. The molecule has 5 nitrogen and oxygen atoms in total. The third kappa shape index (κ3) is 3.65. The monoisotopic (exact) mass is 385 g/mol. The first kappa shape index (κ1) is 19.0. The van der Waals surface area contributed by atoms with Gasteiger partial charge in [0.25, 0.3) is 0 Å². The summed E-state index contributed by atoms with van der Waals surface area (Å²) < 4.78 is 24.6. The van der Waals surface area contributed by atoms with Crippen molar-refractivity contribution in [2.45, 2.75) is 51.0 Å². The average molecular weight is 385 g/mol. The SMILES string of the molecule is CC1=NC2=C(C(=O)CCC2)[C@@H](c2ccc(F)cc2)C1C(=O)OC[C@H]1CCCO1. The van der Waals surface area contributed by atoms with Gasteiger partial charge in [0, 0.05) is 35.9 Å². The molecule has 1 aromatic rings. The van der Waals surface area contributed by atoms with Crippen LogP contribution < -0.4 is 0 Å². The molecule has 0 bridgehead atoms. The Hall–Kier alpha value is -2.34. The van der Waals surface area contributed by atoms with Gasteiger partial charge in [0.2, 0.25) is 0 Å². The molecule has 2 aliphatic heterocycles. The normalized spacial score (nSPS) is 27.4. The van der Waals surface area contributed by atoms with Crippen molar-refractivity contribution < 1.29 is 23.5 Å². The summed E-state index contributed by atoms with van der Waals surface area (Å²) in [6.07, 6.45) is 3.70. The van der Waals surface area contributed by atoms with E-state index < -0.39 is 17.8 Å². The van der Waals surface area contributed by atoms with Gasteiger partial charge < -0.3 is 9.47 Å². The highest BCUT2D eigenvalue weighted by Gasteiger charge is 2.43. The van der Waals surface area contributed by atoms with Gasteiger partial charge in [-0.25, -0.2) is 4.39 Å². The molecule has 2 heterocycles. The summed E-state index contributed by atoms with van der Waals surface area (Å²) in [7, 11) is 0. The molecule has 148 valence electrons. The number of aliphatic imine (C=N–C) groups is 1. The first-order chi connectivity index (χ1) is 13.5. The highest BCUT2D eigenvalue weighted by atomic mass is 19.1. The predicted molar refractivity (Wildman–Crippen MR) is 102 cm³/mol. The van der Waals surface area contributed by atoms with Gasteiger partial charge in [0.15, 0.2) is 5.78 Å². The largest absolute Gasteiger partial charge is 0.462 e. The van der Waals surface area contributed by atoms with Crippen molar-refractivity contribution in [3.05, 3.63) is 46.9 Å². The van der Waals surface area contributed by atoms with Crippen LogP contribution in [0.25, 0.3) is 0 Å². The lowest BCUT2D eigenvalue weighted by Crippen LogP contribution is -2.38. The first-order valence-corrected chi connectivity index (χ1v) is 9.89. The number of allylic oxidation sites excluding steroid dienone is 2. The Morgan fingerprint density at radius 3 is 2.75 bits per heavy atom. The molecule has 1 unspecified atom stereocenters. The Bertz CT molecular complexity index is 837. The minimum Gasteiger partial charge on any atom is -0.462 e. The van der Waals surface area contributed by atoms with Crippen LogP contribution >= 0.6 is 0 Å². The molecule has 0 saturated carbocycles. The number of hydrogen-bond donors (Lipinski definition) is 0. The Labute approximate surface area is 163 Å². The summed E-state index contributed by atoms with van der Waals surface area (Å²) in [4.78, 5) is 30.4. The van der Waals surface area contributed by atoms with Gasteiger partial charge >= 0.3 is 5.97 Å². The number of halogens is 1. The second-order valence-corrected chi connectivity index (χ2v) is 7.66. The van der Waals surface area contributed by atoms with Crippen LogP contribution in [0.1, 0.15) is 50.5 Å². The van der Waals surface area contributed by atoms with Gasteiger partial charge in [-0.3, -0.25) is 14.6 Å². The minimum atomic E-state index is -0.687. The number of carbonyl (C=O) groups is 2. The zero-order valence-electron chi connectivity index (χ0n) is 15.9. The lowest BCUT2D eigenvalue weighted by Gasteiger charge is -2.34. The number of ketones is 1. The fourth-order valence-corrected chi connectivity index (χ4v) is 4.38. The average Bonchev–Trinajstić information content (AvgIpc) is 3.19. The molecular formula is C22H24FNO4. The Balaban J connectivity index is 1.67. The van der Waals surface area contributed by atoms with Crippen LogP contribution in [0, 0.1) is 11.7 Å². The molecule has 1 fully saturated rings. The standard InChI is InChI=1S/C22H24FNO4/c1-13-19(22(26)28-12-16-4-3-11-27-16)20(14-7-9-15(23)10-8-14)21-17(24-13)5-2-6-18(21)25/h7-10,16,19-20H,2-6,11-12H2,1H3/t16-,19?,20+/m1/s1. The maximum Gasteiger partial charge on any atom is 0.315 e. The fourth-order valence-electron chi connectivity index (χ4n) is 4.38. The number of esters is 1. The molecule has 0 spiro atoms. The Morgan fingerprint density at radius 2 is 2.04 bits per heavy atom. The smallest absolute Gasteiger partial charge is 0.315 e. The van der Waals surface area contributed by atoms with Gasteiger partial charge in [-0.1, -0.05) is 12.1 Å². The molecule has 1 aliphatic carbocycles. The van der Waals surface area contributed by atoms with Crippen molar-refractivity contribution >= 4 is 17.5 Å². The van der Waals surface area contributed by atoms with Crippen LogP contribution in [-0.2, 0) is 19.1 Å². The number of Topliss-reactive ketones (excluding diaryl/α,β-unsaturated/α-hetero) is 1. The number of rotatable bonds is 4. The van der Waals surface area contributed by atoms with Crippen LogP contribution in [-0.4, -0.2) is 36.8 Å². The van der Waals surface area contributed by atoms with Crippen molar-refractivity contribution in [2.24, 2.45) is 10.9 Å². The summed E-state index contributed by atoms with van der Waals surface area (Å²) in [6.45, 7) is 2.70. The van der Waals surface area contributed by atoms with Crippen LogP contribution in [0.3, 0.4) is 0 Å². The minimum absolute atomic E-state index is 0.0174. The van der Waals surface area contributed by atoms with Crippen molar-refractivity contribution in [3.63, 3.8) is 0 Å². The van der Waals surface area contributed by atoms with Crippen LogP contribution in [0.15, 0.2) is 40.5 Å². The van der Waals surface area contributed by atoms with Crippen molar-refractivity contribution in [3.8, 4) is 0 Å². The second-order valence-electron chi connectivity index (χ2n) is 7.66. The lowest BCUT2D eigenvalue weighted by atomic mass is 9.72. The first-order valence-electron chi connectivity index (χ1n) is 9.89. The molecule has 0 aromatic heterocycles. The lowest BCUT2D eigenvalue weighted by molar-refractivity contribution is -0.149. The van der Waals surface area contributed by atoms with Gasteiger partial charge in [-0.15, -0.1) is 0 Å². The van der Waals surface area contributed by atoms with Gasteiger partial charge in [-0.05, 0) is 50.3 Å². The molecule has 0 N–H and O–H groups in total. The predicted octanol–water partition coefficient (Wildman–Crippen LogP) is 3.73. The van der Waals surface area contributed by atoms with E-state index in [2.05, 4.69) is 4.99 Å². The van der Waals surface area contributed by atoms with Crippen LogP contribution in [0.5, 0.6) is 0 Å². The van der Waals surface area contributed by atoms with Gasteiger partial charge in [0.05, 0.1) is 6.10 Å². The number of ether oxygens (including phenoxy) is 2. The maximum atomic E-state index is 13.5. The van der Waals surface area contributed by atoms with E-state index >= 15 is 0 Å². The van der Waals surface area contributed by atoms with Crippen molar-refractivity contribution in [1.29, 1.82) is 0 Å². The third-order valence-electron chi connectivity index (χ3n) is 5.75. The highest BCUT2D eigenvalue weighted by molar-refractivity contribution is 6.08. The second kappa shape index (κ2) is 7.95. The molecule has 4 rings (SSSR count). The van der Waals surface area contributed by atoms with E-state index in [-0.39, 0.29) is 24.3 Å². The van der Waals surface area contributed by atoms with Crippen molar-refractivity contribution in [2.75, 3.05) is 13.2 Å². The molecule has 1 saturated heterocycles. The summed E-state index contributed by atoms with van der Waals surface area (Å²) >= 11 is 0. The maximum absolute atomic E-state index is 13.5. The quantitative estimate of drug-likeness (QED) is 0.741. The van der Waals surface area contributed by atoms with E-state index in [9.17, 15) is 14.0 Å². The number of nitrogens with zero attached hydrogens (tertiary/aromatic N) is 1. The van der Waals surface area contributed by atoms with E-state index in [4.69, 9.17) is 9.47 Å². The van der Waals surface area contributed by atoms with Crippen LogP contribution in [0.2, 0.25) is 0 Å². The molecule has 1 aromatic carbocycles. The topological polar surface area (TPSA) is 65.0 Å². The molecule has 3 atom stereocenters. The Morgan fingerprint density at radius 1 is 1.25 bits per heavy atom. The number of carbonyl (C=O) groups excluding carboxylic acids is 2. The zero-order chi connectivity index (χ0) is 19.7. The van der Waals surface area contributed by atoms with E-state index in [1.807, 2.05) is 0 Å². The van der Waals surface area contributed by atoms with Crippen molar-refractivity contribution in [1.82, 2.24) is 0 Å². The van der Waals surface area contributed by atoms with E-state index in [0.29, 0.717) is 30.7 Å². The summed E-state index contributed by atoms with van der Waals surface area (Å²) in [5.74, 6) is -1.92.